The normalized spacial score (nSPS) is 13.8. The van der Waals surface area contributed by atoms with Crippen molar-refractivity contribution in [1.29, 1.82) is 0 Å². The van der Waals surface area contributed by atoms with Crippen LogP contribution in [0.1, 0.15) is 18.9 Å². The van der Waals surface area contributed by atoms with E-state index in [9.17, 15) is 14.4 Å². The van der Waals surface area contributed by atoms with E-state index in [4.69, 9.17) is 14.2 Å². The Morgan fingerprint density at radius 1 is 1.21 bits per heavy atom. The number of carbonyl (C=O) groups is 3. The molecule has 1 aliphatic heterocycles. The maximum absolute atomic E-state index is 12.2. The molecule has 0 atom stereocenters. The van der Waals surface area contributed by atoms with Crippen molar-refractivity contribution in [3.63, 3.8) is 0 Å². The Hall–Kier alpha value is -3.14. The standard InChI is InChI=1S/C19H26N4O6/c1-3-6-20-18(25)19(26)22-21-12-14-4-5-15(16(11-14)27-2)29-13-17(24)23-7-9-28-10-8-23/h4-5,11-12H,3,6-10,13H2,1-2H3,(H,20,25)(H,22,26)/b21-12-. The van der Waals surface area contributed by atoms with Gasteiger partial charge in [-0.05, 0) is 30.2 Å². The second-order valence-corrected chi connectivity index (χ2v) is 6.15. The van der Waals surface area contributed by atoms with Crippen LogP contribution < -0.4 is 20.2 Å². The van der Waals surface area contributed by atoms with E-state index in [-0.39, 0.29) is 12.5 Å². The quantitative estimate of drug-likeness (QED) is 0.354. The lowest BCUT2D eigenvalue weighted by molar-refractivity contribution is -0.139. The Labute approximate surface area is 169 Å². The molecular weight excluding hydrogens is 380 g/mol. The number of morpholine rings is 1. The zero-order valence-corrected chi connectivity index (χ0v) is 16.6. The van der Waals surface area contributed by atoms with E-state index in [0.717, 1.165) is 6.42 Å². The topological polar surface area (TPSA) is 119 Å². The highest BCUT2D eigenvalue weighted by Gasteiger charge is 2.18. The van der Waals surface area contributed by atoms with Crippen LogP contribution in [0.4, 0.5) is 0 Å². The summed E-state index contributed by atoms with van der Waals surface area (Å²) in [4.78, 5) is 36.9. The van der Waals surface area contributed by atoms with Crippen LogP contribution in [0.15, 0.2) is 23.3 Å². The molecule has 10 nitrogen and oxygen atoms in total. The zero-order valence-electron chi connectivity index (χ0n) is 16.6. The molecule has 158 valence electrons. The second-order valence-electron chi connectivity index (χ2n) is 6.15. The first-order valence-electron chi connectivity index (χ1n) is 9.32. The summed E-state index contributed by atoms with van der Waals surface area (Å²) < 4.78 is 16.1. The lowest BCUT2D eigenvalue weighted by Gasteiger charge is -2.26. The number of hydrogen-bond donors (Lipinski definition) is 2. The molecule has 2 N–H and O–H groups in total. The Bertz CT molecular complexity index is 746. The molecule has 0 spiro atoms. The number of benzene rings is 1. The van der Waals surface area contributed by atoms with E-state index >= 15 is 0 Å². The van der Waals surface area contributed by atoms with Gasteiger partial charge in [0, 0.05) is 19.6 Å². The number of amides is 3. The summed E-state index contributed by atoms with van der Waals surface area (Å²) in [5.41, 5.74) is 2.77. The molecule has 0 radical (unpaired) electrons. The maximum Gasteiger partial charge on any atom is 0.329 e. The molecule has 0 bridgehead atoms. The Balaban J connectivity index is 1.89. The summed E-state index contributed by atoms with van der Waals surface area (Å²) in [5, 5.41) is 6.21. The minimum absolute atomic E-state index is 0.104. The molecule has 1 saturated heterocycles. The van der Waals surface area contributed by atoms with E-state index in [2.05, 4.69) is 15.8 Å². The van der Waals surface area contributed by atoms with Gasteiger partial charge in [-0.3, -0.25) is 14.4 Å². The third kappa shape index (κ3) is 7.07. The smallest absolute Gasteiger partial charge is 0.329 e. The van der Waals surface area contributed by atoms with Crippen LogP contribution in [0, 0.1) is 0 Å². The van der Waals surface area contributed by atoms with Gasteiger partial charge >= 0.3 is 11.8 Å². The lowest BCUT2D eigenvalue weighted by atomic mass is 10.2. The molecule has 0 saturated carbocycles. The number of hydrogen-bond acceptors (Lipinski definition) is 7. The third-order valence-corrected chi connectivity index (χ3v) is 4.02. The summed E-state index contributed by atoms with van der Waals surface area (Å²) in [6, 6.07) is 4.97. The van der Waals surface area contributed by atoms with Gasteiger partial charge in [-0.2, -0.15) is 5.10 Å². The van der Waals surface area contributed by atoms with Crippen molar-refractivity contribution in [1.82, 2.24) is 15.6 Å². The predicted molar refractivity (Wildman–Crippen MR) is 105 cm³/mol. The minimum atomic E-state index is -0.844. The van der Waals surface area contributed by atoms with Gasteiger partial charge < -0.3 is 24.4 Å². The number of nitrogens with one attached hydrogen (secondary N) is 2. The third-order valence-electron chi connectivity index (χ3n) is 4.02. The highest BCUT2D eigenvalue weighted by Crippen LogP contribution is 2.27. The molecule has 0 aliphatic carbocycles. The summed E-state index contributed by atoms with van der Waals surface area (Å²) in [5.74, 6) is -0.881. The molecule has 1 aliphatic rings. The Morgan fingerprint density at radius 3 is 2.66 bits per heavy atom. The van der Waals surface area contributed by atoms with Gasteiger partial charge in [-0.1, -0.05) is 6.92 Å². The zero-order chi connectivity index (χ0) is 21.1. The lowest BCUT2D eigenvalue weighted by Crippen LogP contribution is -2.43. The van der Waals surface area contributed by atoms with Gasteiger partial charge in [0.15, 0.2) is 18.1 Å². The van der Waals surface area contributed by atoms with E-state index in [0.29, 0.717) is 49.9 Å². The van der Waals surface area contributed by atoms with Crippen molar-refractivity contribution in [3.8, 4) is 11.5 Å². The molecule has 1 heterocycles. The van der Waals surface area contributed by atoms with Crippen LogP contribution in [0.3, 0.4) is 0 Å². The minimum Gasteiger partial charge on any atom is -0.493 e. The molecule has 1 aromatic carbocycles. The van der Waals surface area contributed by atoms with Crippen LogP contribution in [0.2, 0.25) is 0 Å². The summed E-state index contributed by atoms with van der Waals surface area (Å²) in [6.07, 6.45) is 2.10. The van der Waals surface area contributed by atoms with Gasteiger partial charge in [0.1, 0.15) is 0 Å². The number of carbonyl (C=O) groups excluding carboxylic acids is 3. The van der Waals surface area contributed by atoms with Crippen LogP contribution in [0.25, 0.3) is 0 Å². The highest BCUT2D eigenvalue weighted by atomic mass is 16.5. The fraction of sp³-hybridized carbons (Fsp3) is 0.474. The molecule has 29 heavy (non-hydrogen) atoms. The first-order valence-corrected chi connectivity index (χ1v) is 9.32. The van der Waals surface area contributed by atoms with Gasteiger partial charge in [-0.25, -0.2) is 5.43 Å². The predicted octanol–water partition coefficient (Wildman–Crippen LogP) is -0.0909. The summed E-state index contributed by atoms with van der Waals surface area (Å²) in [6.45, 7) is 4.36. The molecule has 0 unspecified atom stereocenters. The van der Waals surface area contributed by atoms with Crippen LogP contribution in [-0.2, 0) is 19.1 Å². The Morgan fingerprint density at radius 2 is 1.97 bits per heavy atom. The molecule has 10 heteroatoms. The van der Waals surface area contributed by atoms with E-state index in [1.54, 1.807) is 23.1 Å². The van der Waals surface area contributed by atoms with Crippen molar-refractivity contribution >= 4 is 23.9 Å². The first-order chi connectivity index (χ1) is 14.0. The van der Waals surface area contributed by atoms with Crippen molar-refractivity contribution < 1.29 is 28.6 Å². The van der Waals surface area contributed by atoms with Crippen LogP contribution >= 0.6 is 0 Å². The molecule has 2 rings (SSSR count). The average Bonchev–Trinajstić information content (AvgIpc) is 2.76. The average molecular weight is 406 g/mol. The van der Waals surface area contributed by atoms with Crippen molar-refractivity contribution in [3.05, 3.63) is 23.8 Å². The second kappa shape index (κ2) is 11.6. The highest BCUT2D eigenvalue weighted by molar-refractivity contribution is 6.35. The van der Waals surface area contributed by atoms with Crippen molar-refractivity contribution in [2.75, 3.05) is 46.6 Å². The van der Waals surface area contributed by atoms with E-state index < -0.39 is 11.8 Å². The Kier molecular flexibility index (Phi) is 8.90. The largest absolute Gasteiger partial charge is 0.493 e. The van der Waals surface area contributed by atoms with Crippen molar-refractivity contribution in [2.45, 2.75) is 13.3 Å². The molecule has 1 fully saturated rings. The van der Waals surface area contributed by atoms with Crippen LogP contribution in [0.5, 0.6) is 11.5 Å². The number of methoxy groups -OCH3 is 1. The maximum atomic E-state index is 12.2. The molecule has 0 aromatic heterocycles. The van der Waals surface area contributed by atoms with Gasteiger partial charge in [0.25, 0.3) is 5.91 Å². The molecular formula is C19H26N4O6. The number of hydrazone groups is 1. The first kappa shape index (κ1) is 22.2. The summed E-state index contributed by atoms with van der Waals surface area (Å²) in [7, 11) is 1.48. The van der Waals surface area contributed by atoms with Crippen molar-refractivity contribution in [2.24, 2.45) is 5.10 Å². The van der Waals surface area contributed by atoms with Gasteiger partial charge in [0.2, 0.25) is 0 Å². The fourth-order valence-corrected chi connectivity index (χ4v) is 2.46. The van der Waals surface area contributed by atoms with Crippen LogP contribution in [-0.4, -0.2) is 75.4 Å². The fourth-order valence-electron chi connectivity index (χ4n) is 2.46. The number of rotatable bonds is 8. The molecule has 3 amide bonds. The van der Waals surface area contributed by atoms with E-state index in [1.165, 1.54) is 13.3 Å². The monoisotopic (exact) mass is 406 g/mol. The van der Waals surface area contributed by atoms with Gasteiger partial charge in [0.05, 0.1) is 26.5 Å². The number of nitrogens with zero attached hydrogens (tertiary/aromatic N) is 2. The van der Waals surface area contributed by atoms with Gasteiger partial charge in [-0.15, -0.1) is 0 Å². The number of ether oxygens (including phenoxy) is 3. The van der Waals surface area contributed by atoms with E-state index in [1.807, 2.05) is 6.92 Å². The molecule has 1 aromatic rings. The summed E-state index contributed by atoms with van der Waals surface area (Å²) >= 11 is 0. The SMILES string of the molecule is CCCNC(=O)C(=O)N/N=C\c1ccc(OCC(=O)N2CCOCC2)c(OC)c1.